The number of hydrogen-bond acceptors (Lipinski definition) is 3. The van der Waals surface area contributed by atoms with Crippen molar-refractivity contribution < 1.29 is 9.21 Å². The van der Waals surface area contributed by atoms with Crippen LogP contribution in [0.15, 0.2) is 71.1 Å². The number of piperidine rings is 1. The number of rotatable bonds is 2. The van der Waals surface area contributed by atoms with Crippen molar-refractivity contribution in [2.75, 3.05) is 13.1 Å². The van der Waals surface area contributed by atoms with Crippen molar-refractivity contribution in [2.24, 2.45) is 0 Å². The van der Waals surface area contributed by atoms with Crippen LogP contribution in [0.1, 0.15) is 35.0 Å². The van der Waals surface area contributed by atoms with Crippen molar-refractivity contribution in [1.29, 1.82) is 0 Å². The molecule has 4 aromatic rings. The van der Waals surface area contributed by atoms with E-state index in [1.54, 1.807) is 0 Å². The summed E-state index contributed by atoms with van der Waals surface area (Å²) >= 11 is 0. The molecular formula is C23H20N2O2. The minimum Gasteiger partial charge on any atom is -0.440 e. The van der Waals surface area contributed by atoms with E-state index in [2.05, 4.69) is 4.98 Å². The lowest BCUT2D eigenvalue weighted by Gasteiger charge is -2.31. The average Bonchev–Trinajstić information content (AvgIpc) is 3.17. The monoisotopic (exact) mass is 356 g/mol. The Morgan fingerprint density at radius 3 is 2.52 bits per heavy atom. The molecule has 1 aromatic heterocycles. The van der Waals surface area contributed by atoms with Crippen LogP contribution in [0.4, 0.5) is 0 Å². The second-order valence-corrected chi connectivity index (χ2v) is 7.11. The number of amides is 1. The van der Waals surface area contributed by atoms with Crippen LogP contribution in [0.2, 0.25) is 0 Å². The summed E-state index contributed by atoms with van der Waals surface area (Å²) in [6, 6.07) is 21.8. The Hall–Kier alpha value is -3.14. The van der Waals surface area contributed by atoms with Gasteiger partial charge in [0.25, 0.3) is 5.91 Å². The van der Waals surface area contributed by atoms with E-state index >= 15 is 0 Å². The van der Waals surface area contributed by atoms with E-state index in [-0.39, 0.29) is 11.8 Å². The molecule has 0 bridgehead atoms. The number of para-hydroxylation sites is 2. The molecule has 1 fully saturated rings. The van der Waals surface area contributed by atoms with Gasteiger partial charge in [-0.3, -0.25) is 4.79 Å². The lowest BCUT2D eigenvalue weighted by Crippen LogP contribution is -2.38. The van der Waals surface area contributed by atoms with Crippen LogP contribution in [0.3, 0.4) is 0 Å². The Balaban J connectivity index is 1.34. The third-order valence-electron chi connectivity index (χ3n) is 5.46. The summed E-state index contributed by atoms with van der Waals surface area (Å²) in [5.41, 5.74) is 2.52. The van der Waals surface area contributed by atoms with Crippen LogP contribution in [0.25, 0.3) is 21.9 Å². The van der Waals surface area contributed by atoms with Gasteiger partial charge in [0.1, 0.15) is 5.52 Å². The van der Waals surface area contributed by atoms with Gasteiger partial charge in [-0.15, -0.1) is 0 Å². The Kier molecular flexibility index (Phi) is 3.89. The zero-order valence-corrected chi connectivity index (χ0v) is 15.0. The molecule has 0 spiro atoms. The molecule has 0 saturated carbocycles. The maximum absolute atomic E-state index is 13.1. The molecule has 0 aliphatic carbocycles. The van der Waals surface area contributed by atoms with Gasteiger partial charge in [-0.1, -0.05) is 48.5 Å². The molecule has 1 saturated heterocycles. The van der Waals surface area contributed by atoms with Gasteiger partial charge in [-0.2, -0.15) is 0 Å². The van der Waals surface area contributed by atoms with Crippen molar-refractivity contribution in [3.8, 4) is 0 Å². The number of fused-ring (bicyclic) bond motifs is 2. The third-order valence-corrected chi connectivity index (χ3v) is 5.46. The molecule has 3 aromatic carbocycles. The number of carbonyl (C=O) groups is 1. The quantitative estimate of drug-likeness (QED) is 0.508. The van der Waals surface area contributed by atoms with E-state index < -0.39 is 0 Å². The smallest absolute Gasteiger partial charge is 0.254 e. The molecule has 4 nitrogen and oxygen atoms in total. The molecule has 0 radical (unpaired) electrons. The van der Waals surface area contributed by atoms with E-state index in [9.17, 15) is 4.79 Å². The predicted molar refractivity (Wildman–Crippen MR) is 106 cm³/mol. The first-order valence-electron chi connectivity index (χ1n) is 9.42. The number of nitrogens with zero attached hydrogens (tertiary/aromatic N) is 2. The standard InChI is InChI=1S/C23H20N2O2/c26-23(19-9-5-7-16-6-1-2-8-18(16)19)25-14-12-17(13-15-25)22-24-20-10-3-4-11-21(20)27-22/h1-11,17H,12-15H2. The number of benzene rings is 3. The van der Waals surface area contributed by atoms with Gasteiger partial charge in [0.2, 0.25) is 0 Å². The molecule has 0 atom stereocenters. The summed E-state index contributed by atoms with van der Waals surface area (Å²) in [4.78, 5) is 19.7. The molecule has 1 aliphatic heterocycles. The summed E-state index contributed by atoms with van der Waals surface area (Å²) in [6.07, 6.45) is 1.76. The van der Waals surface area contributed by atoms with Crippen LogP contribution in [0.5, 0.6) is 0 Å². The maximum atomic E-state index is 13.1. The molecule has 4 heteroatoms. The molecule has 27 heavy (non-hydrogen) atoms. The summed E-state index contributed by atoms with van der Waals surface area (Å²) in [5.74, 6) is 1.19. The number of likely N-dealkylation sites (tertiary alicyclic amines) is 1. The van der Waals surface area contributed by atoms with Crippen LogP contribution in [-0.2, 0) is 0 Å². The first-order valence-corrected chi connectivity index (χ1v) is 9.42. The fourth-order valence-corrected chi connectivity index (χ4v) is 3.98. The van der Waals surface area contributed by atoms with Gasteiger partial charge in [-0.25, -0.2) is 4.98 Å². The fraction of sp³-hybridized carbons (Fsp3) is 0.217. The second-order valence-electron chi connectivity index (χ2n) is 7.11. The van der Waals surface area contributed by atoms with E-state index in [4.69, 9.17) is 4.42 Å². The zero-order valence-electron chi connectivity index (χ0n) is 15.0. The SMILES string of the molecule is O=C(c1cccc2ccccc12)N1CCC(c2nc3ccccc3o2)CC1. The van der Waals surface area contributed by atoms with Gasteiger partial charge in [0, 0.05) is 24.6 Å². The topological polar surface area (TPSA) is 46.3 Å². The molecule has 134 valence electrons. The number of aromatic nitrogens is 1. The van der Waals surface area contributed by atoms with Gasteiger partial charge < -0.3 is 9.32 Å². The van der Waals surface area contributed by atoms with E-state index in [0.717, 1.165) is 59.3 Å². The molecule has 1 aliphatic rings. The number of carbonyl (C=O) groups excluding carboxylic acids is 1. The Morgan fingerprint density at radius 1 is 0.926 bits per heavy atom. The molecule has 5 rings (SSSR count). The first-order chi connectivity index (χ1) is 13.3. The lowest BCUT2D eigenvalue weighted by molar-refractivity contribution is 0.0708. The minimum absolute atomic E-state index is 0.114. The average molecular weight is 356 g/mol. The van der Waals surface area contributed by atoms with Crippen LogP contribution in [0, 0.1) is 0 Å². The molecule has 1 amide bonds. The van der Waals surface area contributed by atoms with Crippen molar-refractivity contribution in [3.63, 3.8) is 0 Å². The van der Waals surface area contributed by atoms with Crippen molar-refractivity contribution >= 4 is 27.8 Å². The molecular weight excluding hydrogens is 336 g/mol. The van der Waals surface area contributed by atoms with E-state index in [1.165, 1.54) is 0 Å². The summed E-state index contributed by atoms with van der Waals surface area (Å²) in [5, 5.41) is 2.12. The summed E-state index contributed by atoms with van der Waals surface area (Å²) in [7, 11) is 0. The van der Waals surface area contributed by atoms with Crippen LogP contribution >= 0.6 is 0 Å². The zero-order chi connectivity index (χ0) is 18.2. The first kappa shape index (κ1) is 16.1. The van der Waals surface area contributed by atoms with E-state index in [0.29, 0.717) is 0 Å². The maximum Gasteiger partial charge on any atom is 0.254 e. The van der Waals surface area contributed by atoms with Crippen LogP contribution in [-0.4, -0.2) is 28.9 Å². The van der Waals surface area contributed by atoms with Gasteiger partial charge in [0.05, 0.1) is 0 Å². The lowest BCUT2D eigenvalue weighted by atomic mass is 9.95. The highest BCUT2D eigenvalue weighted by Gasteiger charge is 2.28. The highest BCUT2D eigenvalue weighted by Crippen LogP contribution is 2.31. The summed E-state index contributed by atoms with van der Waals surface area (Å²) < 4.78 is 5.93. The van der Waals surface area contributed by atoms with Crippen molar-refractivity contribution in [2.45, 2.75) is 18.8 Å². The minimum atomic E-state index is 0.114. The Labute approximate surface area is 157 Å². The second kappa shape index (κ2) is 6.54. The van der Waals surface area contributed by atoms with Gasteiger partial charge in [0.15, 0.2) is 11.5 Å². The van der Waals surface area contributed by atoms with Crippen LogP contribution < -0.4 is 0 Å². The van der Waals surface area contributed by atoms with Gasteiger partial charge >= 0.3 is 0 Å². The highest BCUT2D eigenvalue weighted by atomic mass is 16.3. The normalized spacial score (nSPS) is 15.5. The third kappa shape index (κ3) is 2.87. The molecule has 2 heterocycles. The Morgan fingerprint density at radius 2 is 1.67 bits per heavy atom. The predicted octanol–water partition coefficient (Wildman–Crippen LogP) is 5.00. The van der Waals surface area contributed by atoms with Gasteiger partial charge in [-0.05, 0) is 41.8 Å². The number of oxazole rings is 1. The van der Waals surface area contributed by atoms with E-state index in [1.807, 2.05) is 71.6 Å². The fourth-order valence-electron chi connectivity index (χ4n) is 3.98. The Bertz CT molecular complexity index is 1090. The molecule has 0 N–H and O–H groups in total. The molecule has 0 unspecified atom stereocenters. The van der Waals surface area contributed by atoms with Crippen molar-refractivity contribution in [3.05, 3.63) is 78.2 Å². The largest absolute Gasteiger partial charge is 0.440 e. The van der Waals surface area contributed by atoms with Crippen molar-refractivity contribution in [1.82, 2.24) is 9.88 Å². The number of hydrogen-bond donors (Lipinski definition) is 0. The highest BCUT2D eigenvalue weighted by molar-refractivity contribution is 6.07. The summed E-state index contributed by atoms with van der Waals surface area (Å²) in [6.45, 7) is 1.46.